The highest BCUT2D eigenvalue weighted by Crippen LogP contribution is 2.21. The van der Waals surface area contributed by atoms with Gasteiger partial charge in [-0.1, -0.05) is 6.92 Å². The fraction of sp³-hybridized carbons (Fsp3) is 0.357. The summed E-state index contributed by atoms with van der Waals surface area (Å²) in [5.41, 5.74) is 1.90. The Kier molecular flexibility index (Phi) is 5.46. The van der Waals surface area contributed by atoms with Gasteiger partial charge in [0.25, 0.3) is 0 Å². The number of sulfonamides is 1. The highest BCUT2D eigenvalue weighted by Gasteiger charge is 2.16. The Morgan fingerprint density at radius 1 is 1.24 bits per heavy atom. The van der Waals surface area contributed by atoms with E-state index in [-0.39, 0.29) is 6.54 Å². The SMILES string of the molecule is CCNCc1ccc(S(=O)(=O)NCc2ccncc2C)s1. The molecule has 0 bridgehead atoms. The Hall–Kier alpha value is -1.28. The third kappa shape index (κ3) is 4.34. The molecule has 0 saturated heterocycles. The monoisotopic (exact) mass is 325 g/mol. The average molecular weight is 325 g/mol. The van der Waals surface area contributed by atoms with E-state index in [1.54, 1.807) is 18.5 Å². The van der Waals surface area contributed by atoms with Gasteiger partial charge in [0.1, 0.15) is 4.21 Å². The van der Waals surface area contributed by atoms with Gasteiger partial charge in [0, 0.05) is 30.4 Å². The number of hydrogen-bond acceptors (Lipinski definition) is 5. The zero-order valence-corrected chi connectivity index (χ0v) is 13.7. The summed E-state index contributed by atoms with van der Waals surface area (Å²) in [6, 6.07) is 5.32. The second kappa shape index (κ2) is 7.13. The molecule has 2 aromatic rings. The van der Waals surface area contributed by atoms with Crippen molar-refractivity contribution in [3.63, 3.8) is 0 Å². The number of aryl methyl sites for hydroxylation is 1. The minimum absolute atomic E-state index is 0.275. The second-order valence-corrected chi connectivity index (χ2v) is 7.79. The van der Waals surface area contributed by atoms with Crippen molar-refractivity contribution in [2.24, 2.45) is 0 Å². The Labute approximate surface area is 129 Å². The average Bonchev–Trinajstić information content (AvgIpc) is 2.94. The summed E-state index contributed by atoms with van der Waals surface area (Å²) in [5, 5.41) is 3.18. The molecule has 2 heterocycles. The van der Waals surface area contributed by atoms with Crippen molar-refractivity contribution in [1.82, 2.24) is 15.0 Å². The van der Waals surface area contributed by atoms with Crippen LogP contribution in [0.5, 0.6) is 0 Å². The number of aromatic nitrogens is 1. The fourth-order valence-corrected chi connectivity index (χ4v) is 4.17. The summed E-state index contributed by atoms with van der Waals surface area (Å²) in [5.74, 6) is 0. The van der Waals surface area contributed by atoms with Crippen molar-refractivity contribution < 1.29 is 8.42 Å². The van der Waals surface area contributed by atoms with Crippen LogP contribution in [0.2, 0.25) is 0 Å². The van der Waals surface area contributed by atoms with Gasteiger partial charge >= 0.3 is 0 Å². The molecular formula is C14H19N3O2S2. The van der Waals surface area contributed by atoms with Crippen molar-refractivity contribution in [2.75, 3.05) is 6.54 Å². The summed E-state index contributed by atoms with van der Waals surface area (Å²) >= 11 is 1.29. The van der Waals surface area contributed by atoms with Crippen LogP contribution in [0.25, 0.3) is 0 Å². The van der Waals surface area contributed by atoms with E-state index in [1.807, 2.05) is 26.0 Å². The molecule has 0 saturated carbocycles. The van der Waals surface area contributed by atoms with Crippen molar-refractivity contribution in [3.8, 4) is 0 Å². The van der Waals surface area contributed by atoms with Crippen LogP contribution < -0.4 is 10.0 Å². The van der Waals surface area contributed by atoms with Crippen molar-refractivity contribution in [2.45, 2.75) is 31.1 Å². The van der Waals surface area contributed by atoms with E-state index >= 15 is 0 Å². The minimum Gasteiger partial charge on any atom is -0.312 e. The lowest BCUT2D eigenvalue weighted by molar-refractivity contribution is 0.583. The molecule has 0 aliphatic heterocycles. The van der Waals surface area contributed by atoms with E-state index < -0.39 is 10.0 Å². The van der Waals surface area contributed by atoms with Crippen LogP contribution >= 0.6 is 11.3 Å². The predicted octanol–water partition coefficient (Wildman–Crippen LogP) is 2.04. The molecule has 0 amide bonds. The van der Waals surface area contributed by atoms with Crippen molar-refractivity contribution >= 4 is 21.4 Å². The topological polar surface area (TPSA) is 71.1 Å². The van der Waals surface area contributed by atoms with Crippen molar-refractivity contribution in [3.05, 3.63) is 46.6 Å². The molecule has 0 aliphatic rings. The van der Waals surface area contributed by atoms with E-state index in [4.69, 9.17) is 0 Å². The lowest BCUT2D eigenvalue weighted by Gasteiger charge is -2.07. The maximum absolute atomic E-state index is 12.3. The van der Waals surface area contributed by atoms with Crippen LogP contribution in [0.1, 0.15) is 22.9 Å². The van der Waals surface area contributed by atoms with E-state index in [0.717, 1.165) is 22.5 Å². The molecule has 0 aliphatic carbocycles. The molecule has 2 aromatic heterocycles. The van der Waals surface area contributed by atoms with Gasteiger partial charge < -0.3 is 5.32 Å². The van der Waals surface area contributed by atoms with E-state index in [9.17, 15) is 8.42 Å². The van der Waals surface area contributed by atoms with Crippen molar-refractivity contribution in [1.29, 1.82) is 0 Å². The van der Waals surface area contributed by atoms with E-state index in [0.29, 0.717) is 10.8 Å². The smallest absolute Gasteiger partial charge is 0.250 e. The zero-order chi connectivity index (χ0) is 15.3. The van der Waals surface area contributed by atoms with Crippen LogP contribution in [-0.4, -0.2) is 19.9 Å². The first-order valence-electron chi connectivity index (χ1n) is 6.71. The fourth-order valence-electron chi connectivity index (χ4n) is 1.79. The molecule has 21 heavy (non-hydrogen) atoms. The number of rotatable bonds is 7. The number of thiophene rings is 1. The molecule has 0 fully saturated rings. The minimum atomic E-state index is -3.46. The van der Waals surface area contributed by atoms with Crippen LogP contribution in [0.4, 0.5) is 0 Å². The Balaban J connectivity index is 2.05. The maximum Gasteiger partial charge on any atom is 0.250 e. The molecule has 114 valence electrons. The summed E-state index contributed by atoms with van der Waals surface area (Å²) < 4.78 is 27.5. The first kappa shape index (κ1) is 16.1. The van der Waals surface area contributed by atoms with Gasteiger partial charge in [0.05, 0.1) is 0 Å². The van der Waals surface area contributed by atoms with Gasteiger partial charge in [-0.3, -0.25) is 4.98 Å². The van der Waals surface area contributed by atoms with E-state index in [1.165, 1.54) is 11.3 Å². The van der Waals surface area contributed by atoms with E-state index in [2.05, 4.69) is 15.0 Å². The second-order valence-electron chi connectivity index (χ2n) is 4.63. The molecule has 7 heteroatoms. The molecule has 0 radical (unpaired) electrons. The Bertz CT molecular complexity index is 696. The Morgan fingerprint density at radius 2 is 2.05 bits per heavy atom. The molecule has 5 nitrogen and oxygen atoms in total. The highest BCUT2D eigenvalue weighted by molar-refractivity contribution is 7.91. The largest absolute Gasteiger partial charge is 0.312 e. The molecule has 0 unspecified atom stereocenters. The third-order valence-electron chi connectivity index (χ3n) is 3.04. The standard InChI is InChI=1S/C14H19N3O2S2/c1-3-15-10-13-4-5-14(20-13)21(18,19)17-9-12-6-7-16-8-11(12)2/h4-8,15,17H,3,9-10H2,1-2H3. The summed E-state index contributed by atoms with van der Waals surface area (Å²) in [6.07, 6.45) is 3.39. The number of hydrogen-bond donors (Lipinski definition) is 2. The maximum atomic E-state index is 12.3. The van der Waals surface area contributed by atoms with Crippen LogP contribution in [-0.2, 0) is 23.1 Å². The van der Waals surface area contributed by atoms with Gasteiger partial charge in [-0.15, -0.1) is 11.3 Å². The summed E-state index contributed by atoms with van der Waals surface area (Å²) in [7, 11) is -3.46. The molecule has 2 rings (SSSR count). The first-order valence-corrected chi connectivity index (χ1v) is 9.01. The first-order chi connectivity index (χ1) is 10.0. The van der Waals surface area contributed by atoms with Crippen LogP contribution in [0.3, 0.4) is 0 Å². The quantitative estimate of drug-likeness (QED) is 0.817. The van der Waals surface area contributed by atoms with Gasteiger partial charge in [-0.25, -0.2) is 13.1 Å². The van der Waals surface area contributed by atoms with Crippen LogP contribution in [0, 0.1) is 6.92 Å². The van der Waals surface area contributed by atoms with Gasteiger partial charge in [0.15, 0.2) is 0 Å². The number of nitrogens with one attached hydrogen (secondary N) is 2. The van der Waals surface area contributed by atoms with Gasteiger partial charge in [0.2, 0.25) is 10.0 Å². The third-order valence-corrected chi connectivity index (χ3v) is 6.02. The normalized spacial score (nSPS) is 11.7. The lowest BCUT2D eigenvalue weighted by atomic mass is 10.2. The summed E-state index contributed by atoms with van der Waals surface area (Å²) in [6.45, 7) is 5.76. The van der Waals surface area contributed by atoms with Crippen LogP contribution in [0.15, 0.2) is 34.8 Å². The highest BCUT2D eigenvalue weighted by atomic mass is 32.2. The Morgan fingerprint density at radius 3 is 2.76 bits per heavy atom. The molecular weight excluding hydrogens is 306 g/mol. The zero-order valence-electron chi connectivity index (χ0n) is 12.1. The van der Waals surface area contributed by atoms with Gasteiger partial charge in [-0.2, -0.15) is 0 Å². The lowest BCUT2D eigenvalue weighted by Crippen LogP contribution is -2.22. The molecule has 0 atom stereocenters. The number of nitrogens with zero attached hydrogens (tertiary/aromatic N) is 1. The molecule has 0 spiro atoms. The predicted molar refractivity (Wildman–Crippen MR) is 84.7 cm³/mol. The molecule has 2 N–H and O–H groups in total. The number of pyridine rings is 1. The summed E-state index contributed by atoms with van der Waals surface area (Å²) in [4.78, 5) is 5.01. The molecule has 0 aromatic carbocycles. The van der Waals surface area contributed by atoms with Gasteiger partial charge in [-0.05, 0) is 42.8 Å².